The van der Waals surface area contributed by atoms with Crippen molar-refractivity contribution in [3.63, 3.8) is 0 Å². The minimum Gasteiger partial charge on any atom is -0.481 e. The van der Waals surface area contributed by atoms with Crippen LogP contribution >= 0.6 is 0 Å². The first-order chi connectivity index (χ1) is 7.99. The highest BCUT2D eigenvalue weighted by molar-refractivity contribution is 5.74. The van der Waals surface area contributed by atoms with Gasteiger partial charge in [0.05, 0.1) is 0 Å². The molecule has 0 aliphatic carbocycles. The van der Waals surface area contributed by atoms with Crippen LogP contribution in [0.5, 0.6) is 5.75 Å². The molecule has 4 heteroatoms. The van der Waals surface area contributed by atoms with Crippen LogP contribution in [0.15, 0.2) is 18.2 Å². The van der Waals surface area contributed by atoms with Crippen molar-refractivity contribution in [1.82, 2.24) is 0 Å². The van der Waals surface area contributed by atoms with E-state index in [1.807, 2.05) is 26.0 Å². The third-order valence-electron chi connectivity index (χ3n) is 2.33. The number of ether oxygens (including phenoxy) is 1. The predicted molar refractivity (Wildman–Crippen MR) is 63.0 cm³/mol. The second-order valence-electron chi connectivity index (χ2n) is 3.99. The van der Waals surface area contributed by atoms with Gasteiger partial charge in [-0.2, -0.15) is 0 Å². The van der Waals surface area contributed by atoms with E-state index in [0.717, 1.165) is 11.1 Å². The van der Waals surface area contributed by atoms with Crippen LogP contribution in [0.25, 0.3) is 0 Å². The minimum absolute atomic E-state index is 0.0119. The fraction of sp³-hybridized carbons (Fsp3) is 0.385. The summed E-state index contributed by atoms with van der Waals surface area (Å²) in [4.78, 5) is 21.7. The number of rotatable bonds is 5. The van der Waals surface area contributed by atoms with Crippen molar-refractivity contribution >= 4 is 11.9 Å². The number of benzene rings is 1. The number of hydrogen-bond donors (Lipinski definition) is 1. The van der Waals surface area contributed by atoms with Gasteiger partial charge in [-0.1, -0.05) is 17.7 Å². The average molecular weight is 236 g/mol. The number of carboxylic acid groups (broad SMARTS) is 1. The quantitative estimate of drug-likeness (QED) is 0.630. The largest absolute Gasteiger partial charge is 0.481 e. The zero-order valence-corrected chi connectivity index (χ0v) is 10.0. The van der Waals surface area contributed by atoms with Gasteiger partial charge >= 0.3 is 11.9 Å². The van der Waals surface area contributed by atoms with Crippen LogP contribution in [0.4, 0.5) is 0 Å². The van der Waals surface area contributed by atoms with E-state index >= 15 is 0 Å². The molecule has 17 heavy (non-hydrogen) atoms. The van der Waals surface area contributed by atoms with Crippen molar-refractivity contribution in [3.05, 3.63) is 29.3 Å². The lowest BCUT2D eigenvalue weighted by Gasteiger charge is -2.07. The highest BCUT2D eigenvalue weighted by Gasteiger charge is 2.08. The second kappa shape index (κ2) is 6.03. The molecule has 1 rings (SSSR count). The van der Waals surface area contributed by atoms with Crippen LogP contribution in [0.3, 0.4) is 0 Å². The topological polar surface area (TPSA) is 63.6 Å². The second-order valence-corrected chi connectivity index (χ2v) is 3.99. The summed E-state index contributed by atoms with van der Waals surface area (Å²) in [6.07, 6.45) is 0.417. The lowest BCUT2D eigenvalue weighted by atomic mass is 10.1. The van der Waals surface area contributed by atoms with Crippen molar-refractivity contribution in [2.24, 2.45) is 0 Å². The Labute approximate surface area is 100 Å². The molecule has 0 spiro atoms. The standard InChI is InChI=1S/C13H16O4/c1-9-6-7-11(10(2)8-9)17-13(16)5-3-4-12(14)15/h6-8H,3-5H2,1-2H3,(H,14,15). The van der Waals surface area contributed by atoms with E-state index in [1.165, 1.54) is 0 Å². The summed E-state index contributed by atoms with van der Waals surface area (Å²) in [5.74, 6) is -0.751. The molecular formula is C13H16O4. The van der Waals surface area contributed by atoms with Gasteiger partial charge in [-0.25, -0.2) is 0 Å². The molecule has 0 fully saturated rings. The third kappa shape index (κ3) is 4.68. The maximum atomic E-state index is 11.4. The summed E-state index contributed by atoms with van der Waals surface area (Å²) in [6.45, 7) is 3.83. The van der Waals surface area contributed by atoms with Gasteiger partial charge < -0.3 is 9.84 Å². The fourth-order valence-corrected chi connectivity index (χ4v) is 1.47. The molecular weight excluding hydrogens is 220 g/mol. The highest BCUT2D eigenvalue weighted by Crippen LogP contribution is 2.19. The predicted octanol–water partition coefficient (Wildman–Crippen LogP) is 2.46. The Morgan fingerprint density at radius 2 is 1.94 bits per heavy atom. The van der Waals surface area contributed by atoms with Gasteiger partial charge in [0.25, 0.3) is 0 Å². The van der Waals surface area contributed by atoms with Crippen LogP contribution in [0, 0.1) is 13.8 Å². The van der Waals surface area contributed by atoms with E-state index in [0.29, 0.717) is 12.2 Å². The van der Waals surface area contributed by atoms with E-state index < -0.39 is 11.9 Å². The van der Waals surface area contributed by atoms with Crippen LogP contribution in [-0.2, 0) is 9.59 Å². The van der Waals surface area contributed by atoms with Crippen molar-refractivity contribution in [1.29, 1.82) is 0 Å². The number of carbonyl (C=O) groups is 2. The Bertz CT molecular complexity index is 423. The lowest BCUT2D eigenvalue weighted by Crippen LogP contribution is -2.09. The van der Waals surface area contributed by atoms with Crippen molar-refractivity contribution in [2.75, 3.05) is 0 Å². The molecule has 0 unspecified atom stereocenters. The summed E-state index contributed by atoms with van der Waals surface area (Å²) >= 11 is 0. The van der Waals surface area contributed by atoms with Crippen LogP contribution in [0.2, 0.25) is 0 Å². The minimum atomic E-state index is -0.899. The number of hydrogen-bond acceptors (Lipinski definition) is 3. The summed E-state index contributed by atoms with van der Waals surface area (Å²) < 4.78 is 5.15. The molecule has 0 heterocycles. The number of esters is 1. The van der Waals surface area contributed by atoms with E-state index in [-0.39, 0.29) is 12.8 Å². The molecule has 1 aromatic carbocycles. The Morgan fingerprint density at radius 1 is 1.24 bits per heavy atom. The van der Waals surface area contributed by atoms with Crippen molar-refractivity contribution in [3.8, 4) is 5.75 Å². The molecule has 0 amide bonds. The maximum Gasteiger partial charge on any atom is 0.311 e. The van der Waals surface area contributed by atoms with Gasteiger partial charge in [-0.3, -0.25) is 9.59 Å². The van der Waals surface area contributed by atoms with Gasteiger partial charge in [-0.15, -0.1) is 0 Å². The summed E-state index contributed by atoms with van der Waals surface area (Å²) in [5, 5.41) is 8.44. The molecule has 1 N–H and O–H groups in total. The Hall–Kier alpha value is -1.84. The van der Waals surface area contributed by atoms with Gasteiger partial charge in [0, 0.05) is 12.8 Å². The zero-order valence-electron chi connectivity index (χ0n) is 10.0. The number of aliphatic carboxylic acids is 1. The smallest absolute Gasteiger partial charge is 0.311 e. The first kappa shape index (κ1) is 13.2. The molecule has 0 aromatic heterocycles. The van der Waals surface area contributed by atoms with Gasteiger partial charge in [-0.05, 0) is 31.9 Å². The van der Waals surface area contributed by atoms with Gasteiger partial charge in [0.15, 0.2) is 0 Å². The molecule has 0 radical (unpaired) electrons. The molecule has 0 saturated carbocycles. The van der Waals surface area contributed by atoms with Crippen LogP contribution < -0.4 is 4.74 Å². The first-order valence-corrected chi connectivity index (χ1v) is 5.49. The number of aryl methyl sites for hydroxylation is 2. The first-order valence-electron chi connectivity index (χ1n) is 5.49. The SMILES string of the molecule is Cc1ccc(OC(=O)CCCC(=O)O)c(C)c1. The third-order valence-corrected chi connectivity index (χ3v) is 2.33. The fourth-order valence-electron chi connectivity index (χ4n) is 1.47. The molecule has 4 nitrogen and oxygen atoms in total. The molecule has 0 bridgehead atoms. The van der Waals surface area contributed by atoms with E-state index in [4.69, 9.17) is 9.84 Å². The Kier molecular flexibility index (Phi) is 4.69. The zero-order chi connectivity index (χ0) is 12.8. The van der Waals surface area contributed by atoms with E-state index in [9.17, 15) is 9.59 Å². The molecule has 92 valence electrons. The Morgan fingerprint density at radius 3 is 2.53 bits per heavy atom. The van der Waals surface area contributed by atoms with Crippen molar-refractivity contribution in [2.45, 2.75) is 33.1 Å². The Balaban J connectivity index is 2.48. The molecule has 0 atom stereocenters. The molecule has 0 aliphatic rings. The maximum absolute atomic E-state index is 11.4. The lowest BCUT2D eigenvalue weighted by molar-refractivity contribution is -0.137. The summed E-state index contributed by atoms with van der Waals surface area (Å²) in [5.41, 5.74) is 2.00. The molecule has 1 aromatic rings. The van der Waals surface area contributed by atoms with Crippen LogP contribution in [0.1, 0.15) is 30.4 Å². The molecule has 0 aliphatic heterocycles. The summed E-state index contributed by atoms with van der Waals surface area (Å²) in [7, 11) is 0. The van der Waals surface area contributed by atoms with E-state index in [2.05, 4.69) is 0 Å². The highest BCUT2D eigenvalue weighted by atomic mass is 16.5. The average Bonchev–Trinajstić information content (AvgIpc) is 2.21. The van der Waals surface area contributed by atoms with Crippen LogP contribution in [-0.4, -0.2) is 17.0 Å². The number of carbonyl (C=O) groups excluding carboxylic acids is 1. The van der Waals surface area contributed by atoms with Crippen molar-refractivity contribution < 1.29 is 19.4 Å². The van der Waals surface area contributed by atoms with Gasteiger partial charge in [0.2, 0.25) is 0 Å². The van der Waals surface area contributed by atoms with E-state index in [1.54, 1.807) is 6.07 Å². The monoisotopic (exact) mass is 236 g/mol. The molecule has 0 saturated heterocycles. The summed E-state index contributed by atoms with van der Waals surface area (Å²) in [6, 6.07) is 5.55. The normalized spacial score (nSPS) is 10.0. The van der Waals surface area contributed by atoms with Gasteiger partial charge in [0.1, 0.15) is 5.75 Å². The number of carboxylic acids is 1.